The van der Waals surface area contributed by atoms with Crippen molar-refractivity contribution in [2.75, 3.05) is 26.4 Å². The number of hydrogen-bond acceptors (Lipinski definition) is 7. The maximum atomic E-state index is 12.8. The van der Waals surface area contributed by atoms with E-state index < -0.39 is 5.60 Å². The van der Waals surface area contributed by atoms with Crippen LogP contribution in [0.1, 0.15) is 64.4 Å². The fourth-order valence-corrected chi connectivity index (χ4v) is 5.85. The van der Waals surface area contributed by atoms with Gasteiger partial charge < -0.3 is 24.3 Å². The second-order valence-electron chi connectivity index (χ2n) is 12.4. The molecule has 0 radical (unpaired) electrons. The summed E-state index contributed by atoms with van der Waals surface area (Å²) < 4.78 is 19.4. The van der Waals surface area contributed by atoms with Crippen LogP contribution in [-0.2, 0) is 20.6 Å². The number of morpholine rings is 1. The van der Waals surface area contributed by atoms with Crippen LogP contribution >= 0.6 is 0 Å². The molecule has 4 aromatic rings. The van der Waals surface area contributed by atoms with Crippen molar-refractivity contribution in [1.82, 2.24) is 24.6 Å². The number of H-pyrrole nitrogens is 1. The van der Waals surface area contributed by atoms with Gasteiger partial charge in [-0.05, 0) is 93.5 Å². The van der Waals surface area contributed by atoms with Gasteiger partial charge in [0.25, 0.3) is 0 Å². The van der Waals surface area contributed by atoms with Crippen molar-refractivity contribution < 1.29 is 24.1 Å². The molecule has 4 heterocycles. The number of fused-ring (bicyclic) bond motifs is 1. The van der Waals surface area contributed by atoms with Crippen molar-refractivity contribution >= 4 is 23.1 Å². The first kappa shape index (κ1) is 29.9. The number of carbonyl (C=O) groups excluding carboxylic acids is 1. The van der Waals surface area contributed by atoms with Crippen LogP contribution in [0.2, 0.25) is 0 Å². The first-order chi connectivity index (χ1) is 21.2. The molecule has 0 spiro atoms. The van der Waals surface area contributed by atoms with E-state index in [2.05, 4.69) is 30.1 Å². The normalized spacial score (nSPS) is 19.6. The molecule has 0 aliphatic carbocycles. The molecule has 2 saturated heterocycles. The van der Waals surface area contributed by atoms with Gasteiger partial charge >= 0.3 is 6.09 Å². The second kappa shape index (κ2) is 12.5. The second-order valence-corrected chi connectivity index (χ2v) is 12.4. The third kappa shape index (κ3) is 6.37. The molecule has 2 aliphatic heterocycles. The van der Waals surface area contributed by atoms with Crippen LogP contribution in [0.3, 0.4) is 0 Å². The molecule has 10 heteroatoms. The third-order valence-electron chi connectivity index (χ3n) is 8.02. The summed E-state index contributed by atoms with van der Waals surface area (Å²) in [4.78, 5) is 22.7. The molecule has 2 atom stereocenters. The Hall–Kier alpha value is -4.15. The smallest absolute Gasteiger partial charge is 0.410 e. The van der Waals surface area contributed by atoms with E-state index >= 15 is 0 Å². The molecule has 2 fully saturated rings. The van der Waals surface area contributed by atoms with E-state index in [4.69, 9.17) is 24.3 Å². The summed E-state index contributed by atoms with van der Waals surface area (Å²) in [5.41, 5.74) is 5.10. The van der Waals surface area contributed by atoms with Gasteiger partial charge in [0.15, 0.2) is 12.1 Å². The Bertz CT molecular complexity index is 1660. The monoisotopic (exact) mass is 599 g/mol. The van der Waals surface area contributed by atoms with Gasteiger partial charge in [-0.2, -0.15) is 5.10 Å². The van der Waals surface area contributed by atoms with Gasteiger partial charge in [-0.15, -0.1) is 0 Å². The molecular formula is C34H41N5O5. The van der Waals surface area contributed by atoms with Crippen LogP contribution in [0, 0.1) is 0 Å². The topological polar surface area (TPSA) is 115 Å². The number of ether oxygens (including phenoxy) is 3. The van der Waals surface area contributed by atoms with Crippen molar-refractivity contribution in [3.05, 3.63) is 59.9 Å². The van der Waals surface area contributed by atoms with Gasteiger partial charge in [-0.3, -0.25) is 4.90 Å². The van der Waals surface area contributed by atoms with Crippen LogP contribution in [0.25, 0.3) is 39.6 Å². The maximum absolute atomic E-state index is 12.8. The quantitative estimate of drug-likeness (QED) is 0.253. The molecule has 6 rings (SSSR count). The maximum Gasteiger partial charge on any atom is 0.410 e. The highest BCUT2D eigenvalue weighted by molar-refractivity contribution is 5.94. The van der Waals surface area contributed by atoms with E-state index in [-0.39, 0.29) is 24.1 Å². The fraction of sp³-hybridized carbons (Fsp3) is 0.441. The van der Waals surface area contributed by atoms with E-state index in [0.29, 0.717) is 32.2 Å². The Morgan fingerprint density at radius 1 is 1.18 bits per heavy atom. The van der Waals surface area contributed by atoms with Gasteiger partial charge in [-0.1, -0.05) is 25.1 Å². The average molecular weight is 600 g/mol. The van der Waals surface area contributed by atoms with Crippen molar-refractivity contribution in [3.63, 3.8) is 0 Å². The first-order valence-electron chi connectivity index (χ1n) is 15.5. The SMILES string of the molecule is CCc1cc(O)ccc1-c1ccc2c(-c3nc(/C=C/[C@H]4COCCN4C(=O)OC(C)(C)C)c[nH]3)nn(C3CCCCO3)c2c1. The molecule has 2 aromatic heterocycles. The number of nitrogens with zero attached hydrogens (tertiary/aromatic N) is 4. The number of aromatic nitrogens is 4. The largest absolute Gasteiger partial charge is 0.508 e. The average Bonchev–Trinajstić information content (AvgIpc) is 3.64. The van der Waals surface area contributed by atoms with Gasteiger partial charge in [0.2, 0.25) is 0 Å². The zero-order valence-corrected chi connectivity index (χ0v) is 25.9. The summed E-state index contributed by atoms with van der Waals surface area (Å²) in [6.07, 6.45) is 9.01. The summed E-state index contributed by atoms with van der Waals surface area (Å²) in [6.45, 7) is 9.73. The number of benzene rings is 2. The molecule has 0 saturated carbocycles. The number of amides is 1. The number of aromatic hydroxyl groups is 1. The van der Waals surface area contributed by atoms with Crippen molar-refractivity contribution in [1.29, 1.82) is 0 Å². The minimum Gasteiger partial charge on any atom is -0.508 e. The Labute approximate surface area is 257 Å². The molecule has 2 aromatic carbocycles. The number of imidazole rings is 1. The van der Waals surface area contributed by atoms with Crippen LogP contribution < -0.4 is 0 Å². The summed E-state index contributed by atoms with van der Waals surface area (Å²) in [5, 5.41) is 16.1. The first-order valence-corrected chi connectivity index (χ1v) is 15.5. The van der Waals surface area contributed by atoms with E-state index in [9.17, 15) is 9.90 Å². The zero-order chi connectivity index (χ0) is 30.8. The highest BCUT2D eigenvalue weighted by Crippen LogP contribution is 2.36. The molecule has 1 amide bonds. The number of aromatic amines is 1. The number of aryl methyl sites for hydroxylation is 1. The molecule has 44 heavy (non-hydrogen) atoms. The lowest BCUT2D eigenvalue weighted by Gasteiger charge is -2.35. The highest BCUT2D eigenvalue weighted by Gasteiger charge is 2.30. The van der Waals surface area contributed by atoms with Crippen LogP contribution in [0.5, 0.6) is 5.75 Å². The number of nitrogens with one attached hydrogen (secondary N) is 1. The number of phenolic OH excluding ortho intramolecular Hbond substituents is 1. The Morgan fingerprint density at radius 2 is 2.05 bits per heavy atom. The zero-order valence-electron chi connectivity index (χ0n) is 25.9. The Balaban J connectivity index is 1.32. The minimum atomic E-state index is -0.571. The van der Waals surface area contributed by atoms with Crippen molar-refractivity contribution in [2.24, 2.45) is 0 Å². The summed E-state index contributed by atoms with van der Waals surface area (Å²) >= 11 is 0. The van der Waals surface area contributed by atoms with E-state index in [1.807, 2.05) is 55.9 Å². The van der Waals surface area contributed by atoms with Crippen molar-refractivity contribution in [3.8, 4) is 28.4 Å². The lowest BCUT2D eigenvalue weighted by molar-refractivity contribution is -0.0365. The third-order valence-corrected chi connectivity index (χ3v) is 8.02. The lowest BCUT2D eigenvalue weighted by Crippen LogP contribution is -2.49. The Kier molecular flexibility index (Phi) is 8.46. The highest BCUT2D eigenvalue weighted by atomic mass is 16.6. The molecule has 0 bridgehead atoms. The molecular weight excluding hydrogens is 558 g/mol. The predicted molar refractivity (Wildman–Crippen MR) is 169 cm³/mol. The standard InChI is InChI=1S/C34H41N5O5/c1-5-22-18-26(40)12-14-27(22)23-9-13-28-29(19-23)39(30-8-6-7-16-43-30)37-31(28)32-35-20-24(36-32)10-11-25-21-42-17-15-38(25)33(41)44-34(2,3)4/h9-14,18-20,25,30,40H,5-8,15-17,21H2,1-4H3,(H,35,36)/b11-10+/t25-,30?/m0/s1. The van der Waals surface area contributed by atoms with E-state index in [1.54, 1.807) is 11.0 Å². The van der Waals surface area contributed by atoms with Gasteiger partial charge in [0, 0.05) is 24.7 Å². The van der Waals surface area contributed by atoms with Crippen molar-refractivity contribution in [2.45, 2.75) is 71.2 Å². The van der Waals surface area contributed by atoms with Gasteiger partial charge in [0.05, 0.1) is 30.5 Å². The summed E-state index contributed by atoms with van der Waals surface area (Å²) in [7, 11) is 0. The van der Waals surface area contributed by atoms with E-state index in [0.717, 1.165) is 64.7 Å². The summed E-state index contributed by atoms with van der Waals surface area (Å²) in [6, 6.07) is 11.6. The number of rotatable bonds is 6. The van der Waals surface area contributed by atoms with Gasteiger partial charge in [-0.25, -0.2) is 14.5 Å². The van der Waals surface area contributed by atoms with Crippen LogP contribution in [0.4, 0.5) is 4.79 Å². The minimum absolute atomic E-state index is 0.153. The molecule has 1 unspecified atom stereocenters. The fourth-order valence-electron chi connectivity index (χ4n) is 5.85. The Morgan fingerprint density at radius 3 is 2.82 bits per heavy atom. The lowest BCUT2D eigenvalue weighted by atomic mass is 9.96. The van der Waals surface area contributed by atoms with Crippen LogP contribution in [0.15, 0.2) is 48.7 Å². The van der Waals surface area contributed by atoms with Gasteiger partial charge in [0.1, 0.15) is 17.0 Å². The summed E-state index contributed by atoms with van der Waals surface area (Å²) in [5.74, 6) is 0.922. The molecule has 10 nitrogen and oxygen atoms in total. The van der Waals surface area contributed by atoms with E-state index in [1.165, 1.54) is 0 Å². The number of phenols is 1. The number of carbonyl (C=O) groups is 1. The number of hydrogen-bond donors (Lipinski definition) is 2. The molecule has 232 valence electrons. The molecule has 2 N–H and O–H groups in total. The predicted octanol–water partition coefficient (Wildman–Crippen LogP) is 6.71. The van der Waals surface area contributed by atoms with Crippen LogP contribution in [-0.4, -0.2) is 73.9 Å². The molecule has 2 aliphatic rings.